The van der Waals surface area contributed by atoms with Crippen LogP contribution in [-0.2, 0) is 10.0 Å². The second kappa shape index (κ2) is 8.51. The summed E-state index contributed by atoms with van der Waals surface area (Å²) in [7, 11) is -3.73. The van der Waals surface area contributed by atoms with Gasteiger partial charge in [0.05, 0.1) is 6.61 Å². The lowest BCUT2D eigenvalue weighted by Gasteiger charge is -2.19. The van der Waals surface area contributed by atoms with E-state index in [1.807, 2.05) is 6.92 Å². The van der Waals surface area contributed by atoms with Crippen LogP contribution < -0.4 is 10.1 Å². The Kier molecular flexibility index (Phi) is 6.27. The molecule has 0 atom stereocenters. The van der Waals surface area contributed by atoms with Crippen molar-refractivity contribution in [2.45, 2.75) is 31.6 Å². The van der Waals surface area contributed by atoms with Crippen LogP contribution in [0.25, 0.3) is 0 Å². The number of hydrogen-bond acceptors (Lipinski definition) is 4. The molecule has 1 heterocycles. The predicted molar refractivity (Wildman–Crippen MR) is 110 cm³/mol. The van der Waals surface area contributed by atoms with Crippen LogP contribution in [0.1, 0.15) is 35.7 Å². The Morgan fingerprint density at radius 3 is 2.54 bits per heavy atom. The molecule has 1 aliphatic rings. The monoisotopic (exact) mass is 422 g/mol. The molecule has 1 aliphatic heterocycles. The number of aryl methyl sites for hydroxylation is 1. The minimum absolute atomic E-state index is 0.0193. The summed E-state index contributed by atoms with van der Waals surface area (Å²) in [5.41, 5.74) is 1.68. The topological polar surface area (TPSA) is 75.7 Å². The fourth-order valence-electron chi connectivity index (χ4n) is 3.07. The van der Waals surface area contributed by atoms with E-state index in [9.17, 15) is 13.2 Å². The average molecular weight is 423 g/mol. The van der Waals surface area contributed by atoms with E-state index in [0.29, 0.717) is 30.4 Å². The smallest absolute Gasteiger partial charge is 0.255 e. The highest BCUT2D eigenvalue weighted by atomic mass is 35.5. The zero-order valence-electron chi connectivity index (χ0n) is 15.9. The Morgan fingerprint density at radius 2 is 1.89 bits per heavy atom. The Bertz CT molecular complexity index is 986. The maximum absolute atomic E-state index is 13.0. The number of amides is 1. The highest BCUT2D eigenvalue weighted by Crippen LogP contribution is 2.30. The van der Waals surface area contributed by atoms with E-state index in [4.69, 9.17) is 16.3 Å². The van der Waals surface area contributed by atoms with E-state index >= 15 is 0 Å². The van der Waals surface area contributed by atoms with Gasteiger partial charge in [-0.3, -0.25) is 4.79 Å². The lowest BCUT2D eigenvalue weighted by molar-refractivity contribution is 0.102. The minimum atomic E-state index is -3.73. The first-order chi connectivity index (χ1) is 13.3. The van der Waals surface area contributed by atoms with Crippen LogP contribution in [0.4, 0.5) is 5.69 Å². The first-order valence-corrected chi connectivity index (χ1v) is 11.0. The van der Waals surface area contributed by atoms with E-state index in [2.05, 4.69) is 5.32 Å². The Balaban J connectivity index is 1.93. The molecule has 3 rings (SSSR count). The van der Waals surface area contributed by atoms with Gasteiger partial charge in [-0.2, -0.15) is 4.31 Å². The molecular weight excluding hydrogens is 400 g/mol. The minimum Gasteiger partial charge on any atom is -0.492 e. The largest absolute Gasteiger partial charge is 0.492 e. The van der Waals surface area contributed by atoms with Crippen molar-refractivity contribution < 1.29 is 17.9 Å². The van der Waals surface area contributed by atoms with Gasteiger partial charge in [0.1, 0.15) is 10.6 Å². The van der Waals surface area contributed by atoms with Gasteiger partial charge >= 0.3 is 0 Å². The van der Waals surface area contributed by atoms with E-state index in [-0.39, 0.29) is 16.2 Å². The summed E-state index contributed by atoms with van der Waals surface area (Å²) in [4.78, 5) is 12.7. The highest BCUT2D eigenvalue weighted by Gasteiger charge is 2.30. The van der Waals surface area contributed by atoms with E-state index in [1.54, 1.807) is 31.2 Å². The van der Waals surface area contributed by atoms with Crippen molar-refractivity contribution in [2.75, 3.05) is 25.0 Å². The van der Waals surface area contributed by atoms with Gasteiger partial charge in [0, 0.05) is 29.4 Å². The number of rotatable bonds is 6. The second-order valence-corrected chi connectivity index (χ2v) is 8.94. The van der Waals surface area contributed by atoms with Gasteiger partial charge in [0.2, 0.25) is 10.0 Å². The molecule has 28 heavy (non-hydrogen) atoms. The van der Waals surface area contributed by atoms with Crippen molar-refractivity contribution in [3.8, 4) is 5.75 Å². The summed E-state index contributed by atoms with van der Waals surface area (Å²) in [6.07, 6.45) is 1.66. The Morgan fingerprint density at radius 1 is 1.18 bits per heavy atom. The Hall–Kier alpha value is -2.09. The number of sulfonamides is 1. The summed E-state index contributed by atoms with van der Waals surface area (Å²) in [5.74, 6) is -0.162. The van der Waals surface area contributed by atoms with Crippen molar-refractivity contribution in [2.24, 2.45) is 0 Å². The van der Waals surface area contributed by atoms with Crippen LogP contribution in [0.5, 0.6) is 5.75 Å². The number of halogens is 1. The predicted octanol–water partition coefficient (Wildman–Crippen LogP) is 4.08. The summed E-state index contributed by atoms with van der Waals surface area (Å²) >= 11 is 6.10. The molecule has 1 amide bonds. The van der Waals surface area contributed by atoms with Crippen LogP contribution in [-0.4, -0.2) is 38.3 Å². The lowest BCUT2D eigenvalue weighted by atomic mass is 10.2. The Labute approximate surface area is 170 Å². The third-order valence-electron chi connectivity index (χ3n) is 4.62. The van der Waals surface area contributed by atoms with Crippen molar-refractivity contribution in [3.63, 3.8) is 0 Å². The van der Waals surface area contributed by atoms with Gasteiger partial charge in [0.15, 0.2) is 0 Å². The number of ether oxygens (including phenoxy) is 1. The summed E-state index contributed by atoms with van der Waals surface area (Å²) in [6.45, 7) is 4.94. The van der Waals surface area contributed by atoms with E-state index in [1.165, 1.54) is 16.4 Å². The molecule has 0 aromatic heterocycles. The van der Waals surface area contributed by atoms with Crippen molar-refractivity contribution in [1.29, 1.82) is 0 Å². The van der Waals surface area contributed by atoms with Gasteiger partial charge < -0.3 is 10.1 Å². The number of carbonyl (C=O) groups excluding carboxylic acids is 1. The summed E-state index contributed by atoms with van der Waals surface area (Å²) in [5, 5.41) is 3.30. The first kappa shape index (κ1) is 20.6. The molecule has 6 nitrogen and oxygen atoms in total. The van der Waals surface area contributed by atoms with Crippen LogP contribution >= 0.6 is 11.6 Å². The fraction of sp³-hybridized carbons (Fsp3) is 0.350. The second-order valence-electron chi connectivity index (χ2n) is 6.62. The highest BCUT2D eigenvalue weighted by molar-refractivity contribution is 7.89. The zero-order chi connectivity index (χ0) is 20.3. The normalized spacial score (nSPS) is 14.8. The standard InChI is InChI=1S/C20H23ClN2O4S/c1-3-27-18-9-7-15(12-19(18)28(25,26)23-10-4-5-11-23)20(24)22-16-8-6-14(2)17(21)13-16/h6-9,12-13H,3-5,10-11H2,1-2H3,(H,22,24). The van der Waals surface area contributed by atoms with Crippen molar-refractivity contribution >= 4 is 33.2 Å². The molecule has 2 aromatic carbocycles. The molecule has 0 unspecified atom stereocenters. The maximum atomic E-state index is 13.0. The average Bonchev–Trinajstić information content (AvgIpc) is 3.21. The number of nitrogens with one attached hydrogen (secondary N) is 1. The van der Waals surface area contributed by atoms with Gasteiger partial charge in [-0.25, -0.2) is 8.42 Å². The maximum Gasteiger partial charge on any atom is 0.255 e. The molecular formula is C20H23ClN2O4S. The third kappa shape index (κ3) is 4.32. The van der Waals surface area contributed by atoms with Crippen LogP contribution in [0.2, 0.25) is 5.02 Å². The molecule has 2 aromatic rings. The van der Waals surface area contributed by atoms with Gasteiger partial charge in [-0.1, -0.05) is 17.7 Å². The number of anilines is 1. The van der Waals surface area contributed by atoms with Gasteiger partial charge in [-0.05, 0) is 62.6 Å². The van der Waals surface area contributed by atoms with Crippen LogP contribution in [0.15, 0.2) is 41.3 Å². The van der Waals surface area contributed by atoms with E-state index in [0.717, 1.165) is 18.4 Å². The quantitative estimate of drug-likeness (QED) is 0.760. The van der Waals surface area contributed by atoms with Crippen molar-refractivity contribution in [3.05, 3.63) is 52.5 Å². The van der Waals surface area contributed by atoms with E-state index < -0.39 is 15.9 Å². The number of hydrogen-bond donors (Lipinski definition) is 1. The van der Waals surface area contributed by atoms with Gasteiger partial charge in [-0.15, -0.1) is 0 Å². The molecule has 0 aliphatic carbocycles. The molecule has 8 heteroatoms. The molecule has 1 N–H and O–H groups in total. The van der Waals surface area contributed by atoms with Gasteiger partial charge in [0.25, 0.3) is 5.91 Å². The molecule has 1 saturated heterocycles. The number of carbonyl (C=O) groups is 1. The third-order valence-corrected chi connectivity index (χ3v) is 6.95. The zero-order valence-corrected chi connectivity index (χ0v) is 17.4. The molecule has 150 valence electrons. The van der Waals surface area contributed by atoms with Crippen LogP contribution in [0.3, 0.4) is 0 Å². The molecule has 0 saturated carbocycles. The summed E-state index contributed by atoms with van der Waals surface area (Å²) < 4.78 is 33.0. The lowest BCUT2D eigenvalue weighted by Crippen LogP contribution is -2.28. The SMILES string of the molecule is CCOc1ccc(C(=O)Nc2ccc(C)c(Cl)c2)cc1S(=O)(=O)N1CCCC1. The number of benzene rings is 2. The molecule has 0 radical (unpaired) electrons. The summed E-state index contributed by atoms with van der Waals surface area (Å²) in [6, 6.07) is 9.67. The number of nitrogens with zero attached hydrogens (tertiary/aromatic N) is 1. The first-order valence-electron chi connectivity index (χ1n) is 9.17. The fourth-order valence-corrected chi connectivity index (χ4v) is 4.92. The molecule has 0 spiro atoms. The molecule has 1 fully saturated rings. The molecule has 0 bridgehead atoms. The van der Waals surface area contributed by atoms with Crippen LogP contribution in [0, 0.1) is 6.92 Å². The van der Waals surface area contributed by atoms with Crippen molar-refractivity contribution in [1.82, 2.24) is 4.31 Å².